The molecule has 3 heterocycles. The second kappa shape index (κ2) is 6.34. The molecule has 2 aromatic heterocycles. The molecule has 6 nitrogen and oxygen atoms in total. The van der Waals surface area contributed by atoms with Gasteiger partial charge in [0.15, 0.2) is 5.76 Å². The van der Waals surface area contributed by atoms with E-state index in [9.17, 15) is 8.42 Å². The molecule has 0 bridgehead atoms. The number of ether oxygens (including phenoxy) is 1. The van der Waals surface area contributed by atoms with E-state index in [-0.39, 0.29) is 11.4 Å². The van der Waals surface area contributed by atoms with Crippen LogP contribution in [0.2, 0.25) is 0 Å². The zero-order valence-corrected chi connectivity index (χ0v) is 14.1. The summed E-state index contributed by atoms with van der Waals surface area (Å²) in [5, 5.41) is 0. The molecule has 0 radical (unpaired) electrons. The summed E-state index contributed by atoms with van der Waals surface area (Å²) in [6.45, 7) is 0.717. The number of nitrogens with one attached hydrogen (secondary N) is 1. The van der Waals surface area contributed by atoms with E-state index in [4.69, 9.17) is 9.15 Å². The molecule has 0 amide bonds. The maximum absolute atomic E-state index is 12.6. The van der Waals surface area contributed by atoms with E-state index < -0.39 is 10.0 Å². The fourth-order valence-electron chi connectivity index (χ4n) is 2.80. The Labute approximate surface area is 145 Å². The lowest BCUT2D eigenvalue weighted by Gasteiger charge is -2.10. The van der Waals surface area contributed by atoms with Gasteiger partial charge in [-0.3, -0.25) is 4.98 Å². The van der Waals surface area contributed by atoms with E-state index in [0.717, 1.165) is 23.3 Å². The van der Waals surface area contributed by atoms with Crippen molar-refractivity contribution < 1.29 is 17.6 Å². The Hall–Kier alpha value is -2.64. The predicted molar refractivity (Wildman–Crippen MR) is 91.6 cm³/mol. The van der Waals surface area contributed by atoms with Gasteiger partial charge in [0, 0.05) is 19.2 Å². The van der Waals surface area contributed by atoms with Gasteiger partial charge in [0.2, 0.25) is 10.0 Å². The first-order valence-corrected chi connectivity index (χ1v) is 9.35. The van der Waals surface area contributed by atoms with Crippen LogP contribution in [0.3, 0.4) is 0 Å². The van der Waals surface area contributed by atoms with Crippen LogP contribution < -0.4 is 9.46 Å². The lowest BCUT2D eigenvalue weighted by molar-refractivity contribution is 0.356. The van der Waals surface area contributed by atoms with Crippen LogP contribution in [0.1, 0.15) is 11.1 Å². The van der Waals surface area contributed by atoms with Crippen molar-refractivity contribution in [3.8, 4) is 17.2 Å². The highest BCUT2D eigenvalue weighted by Crippen LogP contribution is 2.28. The fraction of sp³-hybridized carbons (Fsp3) is 0.167. The van der Waals surface area contributed by atoms with Crippen LogP contribution in [-0.4, -0.2) is 20.0 Å². The summed E-state index contributed by atoms with van der Waals surface area (Å²) in [5.74, 6) is 1.36. The van der Waals surface area contributed by atoms with Crippen molar-refractivity contribution in [2.45, 2.75) is 17.9 Å². The lowest BCUT2D eigenvalue weighted by Crippen LogP contribution is -2.23. The maximum atomic E-state index is 12.6. The molecule has 0 saturated heterocycles. The van der Waals surface area contributed by atoms with Crippen molar-refractivity contribution in [3.63, 3.8) is 0 Å². The Balaban J connectivity index is 1.57. The Morgan fingerprint density at radius 3 is 2.92 bits per heavy atom. The predicted octanol–water partition coefficient (Wildman–Crippen LogP) is 2.76. The number of benzene rings is 1. The molecule has 25 heavy (non-hydrogen) atoms. The average molecular weight is 356 g/mol. The Bertz CT molecular complexity index is 998. The normalized spacial score (nSPS) is 13.4. The minimum Gasteiger partial charge on any atom is -0.493 e. The lowest BCUT2D eigenvalue weighted by atomic mass is 10.1. The molecule has 128 valence electrons. The number of aromatic nitrogens is 1. The molecule has 3 aromatic rings. The van der Waals surface area contributed by atoms with Crippen molar-refractivity contribution in [3.05, 3.63) is 66.1 Å². The van der Waals surface area contributed by atoms with Crippen LogP contribution in [0.15, 0.2) is 64.2 Å². The smallest absolute Gasteiger partial charge is 0.240 e. The maximum Gasteiger partial charge on any atom is 0.240 e. The van der Waals surface area contributed by atoms with E-state index >= 15 is 0 Å². The molecular formula is C18H16N2O4S. The highest BCUT2D eigenvalue weighted by atomic mass is 32.2. The minimum absolute atomic E-state index is 0.125. The van der Waals surface area contributed by atoms with Gasteiger partial charge in [0.25, 0.3) is 0 Å². The van der Waals surface area contributed by atoms with Crippen molar-refractivity contribution in [1.82, 2.24) is 9.71 Å². The van der Waals surface area contributed by atoms with Crippen LogP contribution in [0.25, 0.3) is 11.5 Å². The number of rotatable bonds is 5. The van der Waals surface area contributed by atoms with Crippen molar-refractivity contribution >= 4 is 10.0 Å². The minimum atomic E-state index is -3.63. The molecule has 1 aliphatic heterocycles. The van der Waals surface area contributed by atoms with Gasteiger partial charge in [0.05, 0.1) is 17.8 Å². The molecule has 0 aliphatic carbocycles. The highest BCUT2D eigenvalue weighted by Gasteiger charge is 2.20. The molecule has 1 N–H and O–H groups in total. The molecule has 1 aliphatic rings. The first kappa shape index (κ1) is 15.9. The molecule has 0 atom stereocenters. The molecule has 0 unspecified atom stereocenters. The zero-order valence-electron chi connectivity index (χ0n) is 13.3. The number of hydrogen-bond acceptors (Lipinski definition) is 5. The van der Waals surface area contributed by atoms with E-state index in [1.807, 2.05) is 6.07 Å². The van der Waals surface area contributed by atoms with Gasteiger partial charge in [-0.15, -0.1) is 0 Å². The topological polar surface area (TPSA) is 81.4 Å². The third-order valence-electron chi connectivity index (χ3n) is 4.07. The standard InChI is InChI=1S/C18H16N2O4S/c21-25(22,15-5-6-16-13(11-15)7-10-24-16)20-12-14-3-1-8-19-18(14)17-4-2-9-23-17/h1-6,8-9,11,20H,7,10,12H2. The second-order valence-electron chi connectivity index (χ2n) is 5.68. The number of furan rings is 1. The Morgan fingerprint density at radius 1 is 1.16 bits per heavy atom. The van der Waals surface area contributed by atoms with Crippen LogP contribution in [0, 0.1) is 0 Å². The summed E-state index contributed by atoms with van der Waals surface area (Å²) in [5.41, 5.74) is 2.28. The second-order valence-corrected chi connectivity index (χ2v) is 7.45. The largest absolute Gasteiger partial charge is 0.493 e. The summed E-state index contributed by atoms with van der Waals surface area (Å²) < 4.78 is 38.6. The van der Waals surface area contributed by atoms with Gasteiger partial charge >= 0.3 is 0 Å². The van der Waals surface area contributed by atoms with E-state index in [1.54, 1.807) is 48.9 Å². The van der Waals surface area contributed by atoms with Crippen LogP contribution in [0.4, 0.5) is 0 Å². The van der Waals surface area contributed by atoms with Crippen LogP contribution in [-0.2, 0) is 23.0 Å². The summed E-state index contributed by atoms with van der Waals surface area (Å²) in [6.07, 6.45) is 3.94. The molecule has 7 heteroatoms. The number of nitrogens with zero attached hydrogens (tertiary/aromatic N) is 1. The first-order chi connectivity index (χ1) is 12.1. The van der Waals surface area contributed by atoms with Gasteiger partial charge < -0.3 is 9.15 Å². The molecular weight excluding hydrogens is 340 g/mol. The summed E-state index contributed by atoms with van der Waals surface area (Å²) in [4.78, 5) is 4.53. The number of fused-ring (bicyclic) bond motifs is 1. The van der Waals surface area contributed by atoms with Crippen LogP contribution >= 0.6 is 0 Å². The van der Waals surface area contributed by atoms with Gasteiger partial charge in [0.1, 0.15) is 11.4 Å². The average Bonchev–Trinajstić information content (AvgIpc) is 3.31. The third-order valence-corrected chi connectivity index (χ3v) is 5.47. The van der Waals surface area contributed by atoms with Crippen molar-refractivity contribution in [2.24, 2.45) is 0 Å². The number of hydrogen-bond donors (Lipinski definition) is 1. The van der Waals surface area contributed by atoms with E-state index in [1.165, 1.54) is 0 Å². The molecule has 4 rings (SSSR count). The summed E-state index contributed by atoms with van der Waals surface area (Å²) in [6, 6.07) is 12.1. The van der Waals surface area contributed by atoms with E-state index in [0.29, 0.717) is 18.1 Å². The number of sulfonamides is 1. The molecule has 0 fully saturated rings. The van der Waals surface area contributed by atoms with Gasteiger partial charge in [-0.1, -0.05) is 6.07 Å². The SMILES string of the molecule is O=S(=O)(NCc1cccnc1-c1ccco1)c1ccc2c(c1)CCO2. The summed E-state index contributed by atoms with van der Waals surface area (Å²) >= 11 is 0. The van der Waals surface area contributed by atoms with Crippen molar-refractivity contribution in [1.29, 1.82) is 0 Å². The first-order valence-electron chi connectivity index (χ1n) is 7.87. The summed E-state index contributed by atoms with van der Waals surface area (Å²) in [7, 11) is -3.63. The Morgan fingerprint density at radius 2 is 2.08 bits per heavy atom. The monoisotopic (exact) mass is 356 g/mol. The quantitative estimate of drug-likeness (QED) is 0.760. The molecule has 1 aromatic carbocycles. The van der Waals surface area contributed by atoms with E-state index in [2.05, 4.69) is 9.71 Å². The fourth-order valence-corrected chi connectivity index (χ4v) is 3.86. The van der Waals surface area contributed by atoms with Gasteiger partial charge in [-0.05, 0) is 47.5 Å². The molecule has 0 spiro atoms. The highest BCUT2D eigenvalue weighted by molar-refractivity contribution is 7.89. The van der Waals surface area contributed by atoms with Crippen molar-refractivity contribution in [2.75, 3.05) is 6.61 Å². The van der Waals surface area contributed by atoms with Crippen LogP contribution in [0.5, 0.6) is 5.75 Å². The zero-order chi connectivity index (χ0) is 17.3. The Kier molecular flexibility index (Phi) is 4.03. The number of pyridine rings is 1. The molecule has 0 saturated carbocycles. The van der Waals surface area contributed by atoms with Gasteiger partial charge in [-0.2, -0.15) is 0 Å². The third kappa shape index (κ3) is 3.16. The van der Waals surface area contributed by atoms with Gasteiger partial charge in [-0.25, -0.2) is 13.1 Å².